The van der Waals surface area contributed by atoms with Gasteiger partial charge in [-0.05, 0) is 6.07 Å². The Morgan fingerprint density at radius 3 is 2.92 bits per heavy atom. The van der Waals surface area contributed by atoms with E-state index in [9.17, 15) is 0 Å². The third kappa shape index (κ3) is 0.958. The minimum atomic E-state index is 0.404. The predicted molar refractivity (Wildman–Crippen MR) is 51.6 cm³/mol. The Morgan fingerprint density at radius 1 is 1.42 bits per heavy atom. The molecule has 2 aromatic rings. The molecule has 1 heterocycles. The SMILES string of the molecule is Nc1c(Cl)cc2[nH]c[c]c2c1Cl. The highest BCUT2D eigenvalue weighted by Crippen LogP contribution is 2.34. The topological polar surface area (TPSA) is 41.8 Å². The number of rotatable bonds is 0. The van der Waals surface area contributed by atoms with Crippen molar-refractivity contribution in [3.05, 3.63) is 28.4 Å². The molecule has 61 valence electrons. The fourth-order valence-corrected chi connectivity index (χ4v) is 1.59. The third-order valence-electron chi connectivity index (χ3n) is 1.70. The summed E-state index contributed by atoms with van der Waals surface area (Å²) in [5.41, 5.74) is 6.86. The molecule has 1 aromatic heterocycles. The Labute approximate surface area is 79.3 Å². The van der Waals surface area contributed by atoms with Crippen LogP contribution in [0.1, 0.15) is 0 Å². The van der Waals surface area contributed by atoms with Crippen LogP contribution in [0.5, 0.6) is 0 Å². The number of aromatic nitrogens is 1. The Bertz CT molecular complexity index is 434. The molecule has 0 aliphatic rings. The van der Waals surface area contributed by atoms with E-state index in [2.05, 4.69) is 11.1 Å². The van der Waals surface area contributed by atoms with Crippen molar-refractivity contribution in [2.45, 2.75) is 0 Å². The number of nitrogens with two attached hydrogens (primary N) is 1. The molecule has 0 saturated carbocycles. The molecule has 12 heavy (non-hydrogen) atoms. The smallest absolute Gasteiger partial charge is 0.0750 e. The van der Waals surface area contributed by atoms with Gasteiger partial charge in [0.2, 0.25) is 0 Å². The van der Waals surface area contributed by atoms with Crippen LogP contribution in [-0.2, 0) is 0 Å². The lowest BCUT2D eigenvalue weighted by molar-refractivity contribution is 1.47. The molecule has 0 fully saturated rings. The lowest BCUT2D eigenvalue weighted by atomic mass is 10.2. The Kier molecular flexibility index (Phi) is 1.67. The minimum absolute atomic E-state index is 0.404. The maximum atomic E-state index is 5.91. The fourth-order valence-electron chi connectivity index (χ4n) is 1.08. The molecule has 0 aliphatic heterocycles. The van der Waals surface area contributed by atoms with Crippen LogP contribution in [-0.4, -0.2) is 4.98 Å². The first kappa shape index (κ1) is 7.77. The summed E-state index contributed by atoms with van der Waals surface area (Å²) in [4.78, 5) is 2.95. The maximum absolute atomic E-state index is 5.91. The number of anilines is 1. The van der Waals surface area contributed by atoms with E-state index >= 15 is 0 Å². The zero-order valence-electron chi connectivity index (χ0n) is 5.99. The van der Waals surface area contributed by atoms with Crippen LogP contribution in [0.25, 0.3) is 10.9 Å². The monoisotopic (exact) mass is 199 g/mol. The van der Waals surface area contributed by atoms with Crippen molar-refractivity contribution >= 4 is 39.8 Å². The zero-order valence-corrected chi connectivity index (χ0v) is 7.50. The Hall–Kier alpha value is -0.860. The van der Waals surface area contributed by atoms with Gasteiger partial charge in [0.05, 0.1) is 15.7 Å². The number of halogens is 2. The number of fused-ring (bicyclic) bond motifs is 1. The average molecular weight is 200 g/mol. The minimum Gasteiger partial charge on any atom is -0.396 e. The highest BCUT2D eigenvalue weighted by molar-refractivity contribution is 6.42. The van der Waals surface area contributed by atoms with Crippen molar-refractivity contribution in [3.63, 3.8) is 0 Å². The summed E-state index contributed by atoms with van der Waals surface area (Å²) >= 11 is 11.7. The van der Waals surface area contributed by atoms with Crippen molar-refractivity contribution in [2.75, 3.05) is 5.73 Å². The van der Waals surface area contributed by atoms with Gasteiger partial charge in [-0.1, -0.05) is 23.2 Å². The normalized spacial score (nSPS) is 10.8. The molecule has 2 rings (SSSR count). The van der Waals surface area contributed by atoms with Crippen molar-refractivity contribution in [2.24, 2.45) is 0 Å². The highest BCUT2D eigenvalue weighted by Gasteiger charge is 2.07. The fraction of sp³-hybridized carbons (Fsp3) is 0. The molecular weight excluding hydrogens is 195 g/mol. The number of hydrogen-bond acceptors (Lipinski definition) is 1. The van der Waals surface area contributed by atoms with E-state index in [0.29, 0.717) is 15.7 Å². The van der Waals surface area contributed by atoms with Crippen LogP contribution < -0.4 is 5.73 Å². The standard InChI is InChI=1S/C8H5Cl2N2/c9-5-3-6-4(1-2-12-6)7(10)8(5)11/h2-3,12H,11H2. The summed E-state index contributed by atoms with van der Waals surface area (Å²) < 4.78 is 0. The number of nitrogen functional groups attached to an aromatic ring is 1. The number of nitrogens with one attached hydrogen (secondary N) is 1. The van der Waals surface area contributed by atoms with Gasteiger partial charge in [-0.3, -0.25) is 0 Å². The molecule has 1 aromatic carbocycles. The molecule has 0 spiro atoms. The van der Waals surface area contributed by atoms with E-state index in [1.807, 2.05) is 0 Å². The quantitative estimate of drug-likeness (QED) is 0.630. The summed E-state index contributed by atoms with van der Waals surface area (Å²) in [5, 5.41) is 1.70. The third-order valence-corrected chi connectivity index (χ3v) is 2.40. The first-order valence-electron chi connectivity index (χ1n) is 3.32. The second-order valence-corrected chi connectivity index (χ2v) is 3.23. The van der Waals surface area contributed by atoms with Crippen molar-refractivity contribution < 1.29 is 0 Å². The number of benzene rings is 1. The number of hydrogen-bond donors (Lipinski definition) is 2. The summed E-state index contributed by atoms with van der Waals surface area (Å²) in [7, 11) is 0. The van der Waals surface area contributed by atoms with Crippen LogP contribution in [0.4, 0.5) is 5.69 Å². The highest BCUT2D eigenvalue weighted by atomic mass is 35.5. The van der Waals surface area contributed by atoms with E-state index in [0.717, 1.165) is 10.9 Å². The van der Waals surface area contributed by atoms with Gasteiger partial charge < -0.3 is 10.7 Å². The van der Waals surface area contributed by atoms with Gasteiger partial charge in [0.25, 0.3) is 0 Å². The first-order valence-corrected chi connectivity index (χ1v) is 4.08. The van der Waals surface area contributed by atoms with E-state index in [1.54, 1.807) is 12.3 Å². The molecule has 0 bridgehead atoms. The van der Waals surface area contributed by atoms with Crippen LogP contribution >= 0.6 is 23.2 Å². The zero-order chi connectivity index (χ0) is 8.72. The first-order chi connectivity index (χ1) is 5.70. The average Bonchev–Trinajstić information content (AvgIpc) is 2.48. The summed E-state index contributed by atoms with van der Waals surface area (Å²) in [6.07, 6.45) is 1.67. The van der Waals surface area contributed by atoms with E-state index < -0.39 is 0 Å². The van der Waals surface area contributed by atoms with Gasteiger partial charge in [0, 0.05) is 23.2 Å². The Balaban J connectivity index is 2.94. The van der Waals surface area contributed by atoms with E-state index in [-0.39, 0.29) is 0 Å². The molecular formula is C8H5Cl2N2. The second kappa shape index (κ2) is 2.57. The number of aromatic amines is 1. The van der Waals surface area contributed by atoms with Gasteiger partial charge in [-0.15, -0.1) is 0 Å². The van der Waals surface area contributed by atoms with Gasteiger partial charge in [-0.25, -0.2) is 0 Å². The molecule has 0 saturated heterocycles. The van der Waals surface area contributed by atoms with E-state index in [4.69, 9.17) is 28.9 Å². The lowest BCUT2D eigenvalue weighted by Gasteiger charge is -2.01. The molecule has 0 unspecified atom stereocenters. The van der Waals surface area contributed by atoms with Gasteiger partial charge in [-0.2, -0.15) is 0 Å². The molecule has 0 aliphatic carbocycles. The Morgan fingerprint density at radius 2 is 2.17 bits per heavy atom. The molecule has 3 N–H and O–H groups in total. The van der Waals surface area contributed by atoms with Crippen LogP contribution in [0, 0.1) is 6.07 Å². The number of H-pyrrole nitrogens is 1. The molecule has 2 nitrogen and oxygen atoms in total. The van der Waals surface area contributed by atoms with Gasteiger partial charge in [0.15, 0.2) is 0 Å². The van der Waals surface area contributed by atoms with Crippen molar-refractivity contribution in [1.82, 2.24) is 4.98 Å². The maximum Gasteiger partial charge on any atom is 0.0750 e. The molecule has 4 heteroatoms. The predicted octanol–water partition coefficient (Wildman–Crippen LogP) is 2.86. The van der Waals surface area contributed by atoms with Crippen molar-refractivity contribution in [1.29, 1.82) is 0 Å². The summed E-state index contributed by atoms with van der Waals surface area (Å²) in [5.74, 6) is 0. The molecule has 0 atom stereocenters. The lowest BCUT2D eigenvalue weighted by Crippen LogP contribution is -1.87. The van der Waals surface area contributed by atoms with E-state index in [1.165, 1.54) is 0 Å². The van der Waals surface area contributed by atoms with Crippen LogP contribution in [0.2, 0.25) is 10.0 Å². The summed E-state index contributed by atoms with van der Waals surface area (Å²) in [6, 6.07) is 4.66. The van der Waals surface area contributed by atoms with Gasteiger partial charge >= 0.3 is 0 Å². The molecule has 0 amide bonds. The second-order valence-electron chi connectivity index (χ2n) is 2.44. The summed E-state index contributed by atoms with van der Waals surface area (Å²) in [6.45, 7) is 0. The largest absolute Gasteiger partial charge is 0.396 e. The van der Waals surface area contributed by atoms with Crippen LogP contribution in [0.3, 0.4) is 0 Å². The molecule has 1 radical (unpaired) electrons. The van der Waals surface area contributed by atoms with Crippen molar-refractivity contribution in [3.8, 4) is 0 Å². The van der Waals surface area contributed by atoms with Gasteiger partial charge in [0.1, 0.15) is 0 Å². The van der Waals surface area contributed by atoms with Crippen LogP contribution in [0.15, 0.2) is 12.3 Å².